The summed E-state index contributed by atoms with van der Waals surface area (Å²) in [7, 11) is 1.64. The quantitative estimate of drug-likeness (QED) is 0.807. The van der Waals surface area contributed by atoms with Crippen molar-refractivity contribution in [3.63, 3.8) is 0 Å². The van der Waals surface area contributed by atoms with Gasteiger partial charge in [0.25, 0.3) is 0 Å². The summed E-state index contributed by atoms with van der Waals surface area (Å²) in [5, 5.41) is 12.5. The Morgan fingerprint density at radius 3 is 2.60 bits per heavy atom. The van der Waals surface area contributed by atoms with Gasteiger partial charge < -0.3 is 19.5 Å². The fourth-order valence-electron chi connectivity index (χ4n) is 2.14. The lowest BCUT2D eigenvalue weighted by molar-refractivity contribution is -0.0724. The van der Waals surface area contributed by atoms with Crippen molar-refractivity contribution in [1.82, 2.24) is 0 Å². The summed E-state index contributed by atoms with van der Waals surface area (Å²) in [6, 6.07) is 9.99. The number of hydrogen-bond acceptors (Lipinski definition) is 5. The van der Waals surface area contributed by atoms with Crippen LogP contribution in [-0.2, 0) is 9.47 Å². The van der Waals surface area contributed by atoms with E-state index in [2.05, 4.69) is 11.4 Å². The van der Waals surface area contributed by atoms with Crippen LogP contribution in [0.2, 0.25) is 0 Å². The highest BCUT2D eigenvalue weighted by Gasteiger charge is 2.33. The average molecular weight is 276 g/mol. The van der Waals surface area contributed by atoms with Crippen molar-refractivity contribution >= 4 is 5.69 Å². The molecule has 1 aliphatic heterocycles. The van der Waals surface area contributed by atoms with Gasteiger partial charge >= 0.3 is 0 Å². The van der Waals surface area contributed by atoms with Crippen LogP contribution in [0.25, 0.3) is 0 Å². The Kier molecular flexibility index (Phi) is 5.22. The number of hydrogen-bond donors (Lipinski definition) is 1. The largest absolute Gasteiger partial charge is 0.497 e. The van der Waals surface area contributed by atoms with E-state index in [1.165, 1.54) is 0 Å². The van der Waals surface area contributed by atoms with E-state index in [-0.39, 0.29) is 0 Å². The molecule has 5 nitrogen and oxygen atoms in total. The number of anilines is 1. The average Bonchev–Trinajstić information content (AvgIpc) is 2.53. The first-order chi connectivity index (χ1) is 9.78. The highest BCUT2D eigenvalue weighted by Crippen LogP contribution is 2.24. The Morgan fingerprint density at radius 1 is 1.30 bits per heavy atom. The van der Waals surface area contributed by atoms with Gasteiger partial charge in [-0.15, -0.1) is 0 Å². The molecule has 1 N–H and O–H groups in total. The van der Waals surface area contributed by atoms with Crippen molar-refractivity contribution in [3.8, 4) is 11.8 Å². The van der Waals surface area contributed by atoms with Crippen LogP contribution in [0.3, 0.4) is 0 Å². The number of rotatable bonds is 6. The Hall–Kier alpha value is -1.77. The first kappa shape index (κ1) is 14.6. The molecule has 1 saturated heterocycles. The van der Waals surface area contributed by atoms with Crippen LogP contribution in [-0.4, -0.2) is 39.1 Å². The van der Waals surface area contributed by atoms with Crippen molar-refractivity contribution < 1.29 is 14.2 Å². The maximum Gasteiger partial charge on any atom is 0.158 e. The Morgan fingerprint density at radius 2 is 2.00 bits per heavy atom. The number of methoxy groups -OCH3 is 1. The molecule has 2 rings (SSSR count). The van der Waals surface area contributed by atoms with E-state index in [0.717, 1.165) is 11.4 Å². The summed E-state index contributed by atoms with van der Waals surface area (Å²) >= 11 is 0. The molecule has 1 aromatic rings. The molecule has 0 aromatic heterocycles. The summed E-state index contributed by atoms with van der Waals surface area (Å²) < 4.78 is 16.1. The standard InChI is InChI=1S/C15H20N2O3/c1-18-14-4-2-13(3-5-14)17-8-11-20-15(12-16)6-9-19-10-7-15/h2-5,17H,6-11H2,1H3. The SMILES string of the molecule is COc1ccc(NCCOC2(C#N)CCOCC2)cc1. The molecule has 0 radical (unpaired) electrons. The third-order valence-corrected chi connectivity index (χ3v) is 3.40. The molecule has 0 amide bonds. The monoisotopic (exact) mass is 276 g/mol. The lowest BCUT2D eigenvalue weighted by Gasteiger charge is -2.30. The summed E-state index contributed by atoms with van der Waals surface area (Å²) in [5.41, 5.74) is 0.340. The van der Waals surface area contributed by atoms with Crippen molar-refractivity contribution in [3.05, 3.63) is 24.3 Å². The maximum absolute atomic E-state index is 9.25. The van der Waals surface area contributed by atoms with Gasteiger partial charge in [0.2, 0.25) is 0 Å². The Balaban J connectivity index is 1.73. The van der Waals surface area contributed by atoms with Crippen LogP contribution in [0, 0.1) is 11.3 Å². The fourth-order valence-corrected chi connectivity index (χ4v) is 2.14. The molecule has 0 atom stereocenters. The van der Waals surface area contributed by atoms with Crippen LogP contribution in [0.1, 0.15) is 12.8 Å². The number of nitriles is 1. The highest BCUT2D eigenvalue weighted by molar-refractivity contribution is 5.46. The van der Waals surface area contributed by atoms with Crippen LogP contribution in [0.4, 0.5) is 5.69 Å². The lowest BCUT2D eigenvalue weighted by Crippen LogP contribution is -2.38. The highest BCUT2D eigenvalue weighted by atomic mass is 16.5. The molecular weight excluding hydrogens is 256 g/mol. The molecule has 1 heterocycles. The molecule has 5 heteroatoms. The van der Waals surface area contributed by atoms with Crippen molar-refractivity contribution in [1.29, 1.82) is 5.26 Å². The predicted octanol–water partition coefficient (Wildman–Crippen LogP) is 2.20. The fraction of sp³-hybridized carbons (Fsp3) is 0.533. The van der Waals surface area contributed by atoms with E-state index in [1.54, 1.807) is 7.11 Å². The second kappa shape index (κ2) is 7.13. The molecule has 0 bridgehead atoms. The van der Waals surface area contributed by atoms with Crippen LogP contribution in [0.15, 0.2) is 24.3 Å². The molecular formula is C15H20N2O3. The van der Waals surface area contributed by atoms with Gasteiger partial charge in [-0.3, -0.25) is 0 Å². The van der Waals surface area contributed by atoms with Gasteiger partial charge in [0.15, 0.2) is 5.60 Å². The minimum atomic E-state index is -0.667. The van der Waals surface area contributed by atoms with Crippen LogP contribution in [0.5, 0.6) is 5.75 Å². The van der Waals surface area contributed by atoms with Crippen molar-refractivity contribution in [2.75, 3.05) is 38.8 Å². The summed E-state index contributed by atoms with van der Waals surface area (Å²) in [6.45, 7) is 2.36. The molecule has 0 spiro atoms. The molecule has 1 fully saturated rings. The number of benzene rings is 1. The van der Waals surface area contributed by atoms with Gasteiger partial charge in [0, 0.05) is 25.1 Å². The van der Waals surface area contributed by atoms with E-state index in [0.29, 0.717) is 39.2 Å². The van der Waals surface area contributed by atoms with Gasteiger partial charge in [0.05, 0.1) is 33.0 Å². The minimum absolute atomic E-state index is 0.500. The zero-order valence-corrected chi connectivity index (χ0v) is 11.7. The van der Waals surface area contributed by atoms with Gasteiger partial charge in [-0.1, -0.05) is 0 Å². The maximum atomic E-state index is 9.25. The summed E-state index contributed by atoms with van der Waals surface area (Å²) in [5.74, 6) is 0.831. The van der Waals surface area contributed by atoms with Crippen LogP contribution >= 0.6 is 0 Å². The van der Waals surface area contributed by atoms with Gasteiger partial charge in [-0.2, -0.15) is 5.26 Å². The Labute approximate surface area is 119 Å². The van der Waals surface area contributed by atoms with E-state index in [4.69, 9.17) is 14.2 Å². The molecule has 0 unspecified atom stereocenters. The second-order valence-electron chi connectivity index (χ2n) is 4.72. The number of ether oxygens (including phenoxy) is 3. The van der Waals surface area contributed by atoms with Gasteiger partial charge in [-0.05, 0) is 24.3 Å². The Bertz CT molecular complexity index is 447. The number of nitrogens with one attached hydrogen (secondary N) is 1. The topological polar surface area (TPSA) is 63.5 Å². The lowest BCUT2D eigenvalue weighted by atomic mass is 9.96. The smallest absolute Gasteiger partial charge is 0.158 e. The molecule has 20 heavy (non-hydrogen) atoms. The van der Waals surface area contributed by atoms with E-state index >= 15 is 0 Å². The van der Waals surface area contributed by atoms with Crippen molar-refractivity contribution in [2.45, 2.75) is 18.4 Å². The summed E-state index contributed by atoms with van der Waals surface area (Å²) in [6.07, 6.45) is 1.29. The third-order valence-electron chi connectivity index (χ3n) is 3.40. The molecule has 0 saturated carbocycles. The van der Waals surface area contributed by atoms with E-state index < -0.39 is 5.60 Å². The molecule has 1 aliphatic rings. The van der Waals surface area contributed by atoms with E-state index in [1.807, 2.05) is 24.3 Å². The molecule has 108 valence electrons. The van der Waals surface area contributed by atoms with Gasteiger partial charge in [-0.25, -0.2) is 0 Å². The first-order valence-corrected chi connectivity index (χ1v) is 6.79. The normalized spacial score (nSPS) is 17.2. The van der Waals surface area contributed by atoms with Gasteiger partial charge in [0.1, 0.15) is 5.75 Å². The molecule has 0 aliphatic carbocycles. The molecule has 1 aromatic carbocycles. The first-order valence-electron chi connectivity index (χ1n) is 6.79. The van der Waals surface area contributed by atoms with E-state index in [9.17, 15) is 5.26 Å². The second-order valence-corrected chi connectivity index (χ2v) is 4.72. The number of nitrogens with zero attached hydrogens (tertiary/aromatic N) is 1. The third kappa shape index (κ3) is 3.86. The zero-order valence-electron chi connectivity index (χ0n) is 11.7. The van der Waals surface area contributed by atoms with Crippen molar-refractivity contribution in [2.24, 2.45) is 0 Å². The zero-order chi connectivity index (χ0) is 14.3. The summed E-state index contributed by atoms with van der Waals surface area (Å²) in [4.78, 5) is 0. The predicted molar refractivity (Wildman–Crippen MR) is 75.8 cm³/mol. The van der Waals surface area contributed by atoms with Crippen LogP contribution < -0.4 is 10.1 Å². The minimum Gasteiger partial charge on any atom is -0.497 e.